The zero-order chi connectivity index (χ0) is 15.1. The number of carbonyl (C=O) groups excluding carboxylic acids is 1. The fourth-order valence-corrected chi connectivity index (χ4v) is 2.09. The molecule has 0 heterocycles. The first-order valence-electron chi connectivity index (χ1n) is 6.10. The number of hydrogen-bond donors (Lipinski definition) is 2. The lowest BCUT2D eigenvalue weighted by atomic mass is 10.2. The van der Waals surface area contributed by atoms with Gasteiger partial charge in [-0.25, -0.2) is 4.79 Å². The van der Waals surface area contributed by atoms with Gasteiger partial charge in [0.15, 0.2) is 0 Å². The first-order valence-corrected chi connectivity index (χ1v) is 6.84. The third-order valence-electron chi connectivity index (χ3n) is 2.54. The van der Waals surface area contributed by atoms with E-state index in [1.165, 1.54) is 12.0 Å². The molecule has 5 nitrogen and oxygen atoms in total. The number of amides is 2. The molecule has 0 spiro atoms. The van der Waals surface area contributed by atoms with Crippen LogP contribution in [0.2, 0.25) is 0 Å². The normalized spacial score (nSPS) is 9.71. The number of benzene rings is 2. The molecular weight excluding hydrogens is 286 g/mol. The van der Waals surface area contributed by atoms with Crippen LogP contribution in [0.5, 0.6) is 0 Å². The Bertz CT molecular complexity index is 665. The van der Waals surface area contributed by atoms with Crippen molar-refractivity contribution >= 4 is 29.4 Å². The molecule has 0 fully saturated rings. The minimum absolute atomic E-state index is 0.364. The summed E-state index contributed by atoms with van der Waals surface area (Å²) >= 11 is 1.25. The maximum Gasteiger partial charge on any atom is 0.323 e. The summed E-state index contributed by atoms with van der Waals surface area (Å²) in [6.07, 6.45) is 0. The number of anilines is 2. The minimum atomic E-state index is -0.364. The molecule has 0 radical (unpaired) electrons. The van der Waals surface area contributed by atoms with E-state index in [2.05, 4.69) is 10.6 Å². The van der Waals surface area contributed by atoms with Crippen molar-refractivity contribution in [2.75, 3.05) is 17.7 Å². The molecule has 0 saturated carbocycles. The zero-order valence-corrected chi connectivity index (χ0v) is 12.1. The van der Waals surface area contributed by atoms with Crippen molar-refractivity contribution in [1.82, 2.24) is 0 Å². The van der Waals surface area contributed by atoms with E-state index in [4.69, 9.17) is 9.44 Å². The number of nitrogens with zero attached hydrogens (tertiary/aromatic N) is 1. The lowest BCUT2D eigenvalue weighted by molar-refractivity contribution is 0.262. The van der Waals surface area contributed by atoms with E-state index in [-0.39, 0.29) is 6.03 Å². The van der Waals surface area contributed by atoms with Crippen LogP contribution in [0.25, 0.3) is 0 Å². The number of nitriles is 1. The van der Waals surface area contributed by atoms with Gasteiger partial charge in [-0.15, -0.1) is 0 Å². The van der Waals surface area contributed by atoms with Crippen molar-refractivity contribution in [3.8, 4) is 6.07 Å². The summed E-state index contributed by atoms with van der Waals surface area (Å²) in [4.78, 5) is 12.8. The van der Waals surface area contributed by atoms with Gasteiger partial charge in [0.2, 0.25) is 0 Å². The Hall–Kier alpha value is -2.49. The molecule has 0 atom stereocenters. The first kappa shape index (κ1) is 14.9. The summed E-state index contributed by atoms with van der Waals surface area (Å²) in [7, 11) is 1.60. The Kier molecular flexibility index (Phi) is 5.21. The number of rotatable bonds is 4. The van der Waals surface area contributed by atoms with Crippen LogP contribution >= 0.6 is 12.0 Å². The van der Waals surface area contributed by atoms with E-state index in [1.807, 2.05) is 18.2 Å². The summed E-state index contributed by atoms with van der Waals surface area (Å²) in [5.74, 6) is 0. The lowest BCUT2D eigenvalue weighted by Gasteiger charge is -2.08. The predicted molar refractivity (Wildman–Crippen MR) is 83.1 cm³/mol. The molecule has 0 aliphatic carbocycles. The summed E-state index contributed by atoms with van der Waals surface area (Å²) < 4.78 is 4.94. The molecule has 0 aromatic heterocycles. The monoisotopic (exact) mass is 299 g/mol. The van der Waals surface area contributed by atoms with Gasteiger partial charge >= 0.3 is 6.03 Å². The Morgan fingerprint density at radius 2 is 1.86 bits per heavy atom. The summed E-state index contributed by atoms with van der Waals surface area (Å²) in [6.45, 7) is 0. The van der Waals surface area contributed by atoms with Crippen LogP contribution in [0, 0.1) is 11.3 Å². The SMILES string of the molecule is COSc1ccc(NC(=O)Nc2cccc(C#N)c2)cc1. The highest BCUT2D eigenvalue weighted by molar-refractivity contribution is 7.94. The van der Waals surface area contributed by atoms with E-state index in [9.17, 15) is 4.79 Å². The van der Waals surface area contributed by atoms with Crippen molar-refractivity contribution in [2.24, 2.45) is 0 Å². The number of carbonyl (C=O) groups is 1. The Labute approximate surface area is 127 Å². The van der Waals surface area contributed by atoms with Crippen LogP contribution in [0.1, 0.15) is 5.56 Å². The maximum atomic E-state index is 11.9. The standard InChI is InChI=1S/C15H13N3O2S/c1-20-21-14-7-5-12(6-8-14)17-15(19)18-13-4-2-3-11(9-13)10-16/h2-9H,1H3,(H2,17,18,19). The van der Waals surface area contributed by atoms with Gasteiger partial charge < -0.3 is 14.8 Å². The molecule has 21 heavy (non-hydrogen) atoms. The number of hydrogen-bond acceptors (Lipinski definition) is 4. The van der Waals surface area contributed by atoms with Gasteiger partial charge in [0, 0.05) is 28.3 Å². The smallest absolute Gasteiger partial charge is 0.314 e. The third kappa shape index (κ3) is 4.53. The molecule has 2 N–H and O–H groups in total. The fourth-order valence-electron chi connectivity index (χ4n) is 1.65. The number of urea groups is 1. The van der Waals surface area contributed by atoms with E-state index in [1.54, 1.807) is 43.5 Å². The van der Waals surface area contributed by atoms with Crippen LogP contribution < -0.4 is 10.6 Å². The molecular formula is C15H13N3O2S. The predicted octanol–water partition coefficient (Wildman–Crippen LogP) is 3.86. The molecule has 106 valence electrons. The van der Waals surface area contributed by atoms with Gasteiger partial charge in [0.05, 0.1) is 18.7 Å². The molecule has 0 unspecified atom stereocenters. The second-order valence-electron chi connectivity index (χ2n) is 4.05. The van der Waals surface area contributed by atoms with E-state index in [0.717, 1.165) is 4.90 Å². The van der Waals surface area contributed by atoms with Gasteiger partial charge in [-0.05, 0) is 42.5 Å². The average molecular weight is 299 g/mol. The summed E-state index contributed by atoms with van der Waals surface area (Å²) in [6, 6.07) is 15.6. The van der Waals surface area contributed by atoms with Crippen LogP contribution in [-0.4, -0.2) is 13.1 Å². The van der Waals surface area contributed by atoms with Crippen molar-refractivity contribution in [1.29, 1.82) is 5.26 Å². The van der Waals surface area contributed by atoms with Gasteiger partial charge in [0.1, 0.15) is 0 Å². The average Bonchev–Trinajstić information content (AvgIpc) is 2.49. The fraction of sp³-hybridized carbons (Fsp3) is 0.0667. The summed E-state index contributed by atoms with van der Waals surface area (Å²) in [5.41, 5.74) is 1.73. The highest BCUT2D eigenvalue weighted by atomic mass is 32.2. The van der Waals surface area contributed by atoms with Gasteiger partial charge in [0.25, 0.3) is 0 Å². The minimum Gasteiger partial charge on any atom is -0.314 e. The molecule has 2 aromatic carbocycles. The maximum absolute atomic E-state index is 11.9. The van der Waals surface area contributed by atoms with Gasteiger partial charge in [-0.2, -0.15) is 5.26 Å². The molecule has 2 rings (SSSR count). The van der Waals surface area contributed by atoms with E-state index >= 15 is 0 Å². The third-order valence-corrected chi connectivity index (χ3v) is 3.17. The highest BCUT2D eigenvalue weighted by Gasteiger charge is 2.03. The zero-order valence-electron chi connectivity index (χ0n) is 11.3. The first-order chi connectivity index (χ1) is 10.2. The second-order valence-corrected chi connectivity index (χ2v) is 5.02. The Balaban J connectivity index is 1.96. The van der Waals surface area contributed by atoms with Crippen molar-refractivity contribution in [3.63, 3.8) is 0 Å². The van der Waals surface area contributed by atoms with Crippen molar-refractivity contribution in [3.05, 3.63) is 54.1 Å². The van der Waals surface area contributed by atoms with Crippen LogP contribution in [0.4, 0.5) is 16.2 Å². The van der Waals surface area contributed by atoms with Crippen molar-refractivity contribution in [2.45, 2.75) is 4.90 Å². The highest BCUT2D eigenvalue weighted by Crippen LogP contribution is 2.20. The Morgan fingerprint density at radius 1 is 1.14 bits per heavy atom. The summed E-state index contributed by atoms with van der Waals surface area (Å²) in [5, 5.41) is 14.2. The molecule has 0 bridgehead atoms. The molecule has 0 saturated heterocycles. The quantitative estimate of drug-likeness (QED) is 0.841. The van der Waals surface area contributed by atoms with Crippen LogP contribution in [-0.2, 0) is 4.18 Å². The molecule has 2 aromatic rings. The van der Waals surface area contributed by atoms with E-state index in [0.29, 0.717) is 16.9 Å². The van der Waals surface area contributed by atoms with Gasteiger partial charge in [-0.3, -0.25) is 0 Å². The van der Waals surface area contributed by atoms with Crippen LogP contribution in [0.15, 0.2) is 53.4 Å². The number of nitrogens with one attached hydrogen (secondary N) is 2. The topological polar surface area (TPSA) is 74.2 Å². The van der Waals surface area contributed by atoms with Crippen LogP contribution in [0.3, 0.4) is 0 Å². The van der Waals surface area contributed by atoms with E-state index < -0.39 is 0 Å². The molecule has 6 heteroatoms. The molecule has 0 aliphatic rings. The van der Waals surface area contributed by atoms with Crippen molar-refractivity contribution < 1.29 is 8.98 Å². The lowest BCUT2D eigenvalue weighted by Crippen LogP contribution is -2.19. The molecule has 2 amide bonds. The Morgan fingerprint density at radius 3 is 2.52 bits per heavy atom. The second kappa shape index (κ2) is 7.33. The molecule has 0 aliphatic heterocycles. The largest absolute Gasteiger partial charge is 0.323 e. The van der Waals surface area contributed by atoms with Gasteiger partial charge in [-0.1, -0.05) is 6.07 Å².